The van der Waals surface area contributed by atoms with Gasteiger partial charge in [0.15, 0.2) is 5.82 Å². The number of aryl methyl sites for hydroxylation is 2. The van der Waals surface area contributed by atoms with Crippen molar-refractivity contribution in [1.82, 2.24) is 30.2 Å². The van der Waals surface area contributed by atoms with Crippen LogP contribution in [0.25, 0.3) is 5.78 Å². The maximum atomic E-state index is 12.6. The maximum absolute atomic E-state index is 12.6. The molecule has 0 fully saturated rings. The molecule has 1 atom stereocenters. The minimum absolute atomic E-state index is 0.0837. The zero-order valence-corrected chi connectivity index (χ0v) is 18.2. The van der Waals surface area contributed by atoms with E-state index in [1.54, 1.807) is 19.1 Å². The van der Waals surface area contributed by atoms with E-state index in [2.05, 4.69) is 25.7 Å². The summed E-state index contributed by atoms with van der Waals surface area (Å²) in [6.45, 7) is 5.13. The standard InChI is InChI=1S/C21H22N6O6/c1-4-31-19(29)17-13(23-21(30)25-18(17)14-6-5-7-32-14)10-33-16(28)9-15-24-20-22-11(2)8-12(3)27(20)26-15/h5-8,18H,4,9-10H2,1-3H3,(H2,23,25,30). The first-order chi connectivity index (χ1) is 15.9. The summed E-state index contributed by atoms with van der Waals surface area (Å²) in [6, 6.07) is 3.63. The van der Waals surface area contributed by atoms with Crippen LogP contribution in [-0.4, -0.2) is 50.8 Å². The Balaban J connectivity index is 1.53. The fourth-order valence-electron chi connectivity index (χ4n) is 3.47. The molecule has 4 heterocycles. The van der Waals surface area contributed by atoms with Gasteiger partial charge >= 0.3 is 18.0 Å². The molecule has 0 radical (unpaired) electrons. The van der Waals surface area contributed by atoms with Gasteiger partial charge in [-0.05, 0) is 39.0 Å². The van der Waals surface area contributed by atoms with Crippen molar-refractivity contribution in [1.29, 1.82) is 0 Å². The van der Waals surface area contributed by atoms with E-state index in [4.69, 9.17) is 13.9 Å². The first-order valence-corrected chi connectivity index (χ1v) is 10.2. The van der Waals surface area contributed by atoms with E-state index in [1.807, 2.05) is 19.9 Å². The largest absolute Gasteiger partial charge is 0.467 e. The minimum Gasteiger partial charge on any atom is -0.467 e. The number of carbonyl (C=O) groups is 3. The van der Waals surface area contributed by atoms with Gasteiger partial charge in [-0.15, -0.1) is 5.10 Å². The van der Waals surface area contributed by atoms with Gasteiger partial charge in [-0.2, -0.15) is 4.98 Å². The average Bonchev–Trinajstić information content (AvgIpc) is 3.42. The molecule has 2 amide bonds. The first-order valence-electron chi connectivity index (χ1n) is 10.2. The van der Waals surface area contributed by atoms with E-state index in [0.717, 1.165) is 11.4 Å². The molecule has 0 bridgehead atoms. The number of nitrogens with zero attached hydrogens (tertiary/aromatic N) is 4. The van der Waals surface area contributed by atoms with Crippen LogP contribution < -0.4 is 10.6 Å². The van der Waals surface area contributed by atoms with Crippen LogP contribution in [0.3, 0.4) is 0 Å². The average molecular weight is 454 g/mol. The van der Waals surface area contributed by atoms with Gasteiger partial charge < -0.3 is 24.5 Å². The van der Waals surface area contributed by atoms with Crippen LogP contribution in [0.15, 0.2) is 40.1 Å². The van der Waals surface area contributed by atoms with Gasteiger partial charge in [0.2, 0.25) is 0 Å². The molecule has 3 aromatic rings. The van der Waals surface area contributed by atoms with Gasteiger partial charge in [0, 0.05) is 11.4 Å². The summed E-state index contributed by atoms with van der Waals surface area (Å²) in [5, 5.41) is 9.41. The molecule has 0 aliphatic carbocycles. The number of urea groups is 1. The quantitative estimate of drug-likeness (QED) is 0.503. The summed E-state index contributed by atoms with van der Waals surface area (Å²) in [5.74, 6) is -0.350. The molecule has 172 valence electrons. The molecule has 12 heteroatoms. The first kappa shape index (κ1) is 22.0. The Morgan fingerprint density at radius 3 is 2.79 bits per heavy atom. The number of carbonyl (C=O) groups excluding carboxylic acids is 3. The molecule has 0 spiro atoms. The molecule has 0 saturated heterocycles. The van der Waals surface area contributed by atoms with E-state index in [0.29, 0.717) is 11.5 Å². The molecule has 2 N–H and O–H groups in total. The predicted molar refractivity (Wildman–Crippen MR) is 112 cm³/mol. The zero-order valence-electron chi connectivity index (χ0n) is 18.2. The maximum Gasteiger partial charge on any atom is 0.338 e. The lowest BCUT2D eigenvalue weighted by atomic mass is 10.0. The fraction of sp³-hybridized carbons (Fsp3) is 0.333. The van der Waals surface area contributed by atoms with Crippen molar-refractivity contribution in [3.05, 3.63) is 58.7 Å². The second-order valence-corrected chi connectivity index (χ2v) is 7.28. The molecule has 12 nitrogen and oxygen atoms in total. The van der Waals surface area contributed by atoms with Crippen LogP contribution >= 0.6 is 0 Å². The highest BCUT2D eigenvalue weighted by atomic mass is 16.5. The normalized spacial score (nSPS) is 15.8. The van der Waals surface area contributed by atoms with Crippen molar-refractivity contribution in [2.45, 2.75) is 33.2 Å². The Morgan fingerprint density at radius 1 is 1.24 bits per heavy atom. The Bertz CT molecular complexity index is 1250. The van der Waals surface area contributed by atoms with E-state index < -0.39 is 24.0 Å². The Hall–Kier alpha value is -4.22. The number of nitrogens with one attached hydrogen (secondary N) is 2. The lowest BCUT2D eigenvalue weighted by molar-refractivity contribution is -0.143. The number of esters is 2. The van der Waals surface area contributed by atoms with Crippen molar-refractivity contribution in [2.75, 3.05) is 13.2 Å². The number of fused-ring (bicyclic) bond motifs is 1. The van der Waals surface area contributed by atoms with Crippen molar-refractivity contribution in [3.8, 4) is 0 Å². The number of hydrogen-bond donors (Lipinski definition) is 2. The molecular formula is C21H22N6O6. The second kappa shape index (κ2) is 9.10. The Kier molecular flexibility index (Phi) is 6.07. The number of ether oxygens (including phenoxy) is 2. The topological polar surface area (TPSA) is 150 Å². The van der Waals surface area contributed by atoms with Crippen LogP contribution in [0, 0.1) is 13.8 Å². The third-order valence-electron chi connectivity index (χ3n) is 4.82. The fourth-order valence-corrected chi connectivity index (χ4v) is 3.47. The van der Waals surface area contributed by atoms with Gasteiger partial charge in [-0.1, -0.05) is 0 Å². The smallest absolute Gasteiger partial charge is 0.338 e. The molecule has 3 aromatic heterocycles. The van der Waals surface area contributed by atoms with Crippen LogP contribution in [0.1, 0.15) is 35.9 Å². The van der Waals surface area contributed by atoms with E-state index in [9.17, 15) is 14.4 Å². The number of aromatic nitrogens is 4. The number of furan rings is 1. The van der Waals surface area contributed by atoms with Gasteiger partial charge in [-0.3, -0.25) is 4.79 Å². The highest BCUT2D eigenvalue weighted by molar-refractivity contribution is 5.95. The zero-order chi connectivity index (χ0) is 23.5. The van der Waals surface area contributed by atoms with Crippen LogP contribution in [0.2, 0.25) is 0 Å². The highest BCUT2D eigenvalue weighted by Crippen LogP contribution is 2.28. The summed E-state index contributed by atoms with van der Waals surface area (Å²) in [5.41, 5.74) is 1.80. The molecule has 1 unspecified atom stereocenters. The molecule has 0 saturated carbocycles. The molecule has 33 heavy (non-hydrogen) atoms. The van der Waals surface area contributed by atoms with E-state index in [1.165, 1.54) is 10.8 Å². The third-order valence-corrected chi connectivity index (χ3v) is 4.82. The Labute approximate surface area is 188 Å². The number of rotatable bonds is 7. The summed E-state index contributed by atoms with van der Waals surface area (Å²) >= 11 is 0. The lowest BCUT2D eigenvalue weighted by Crippen LogP contribution is -2.47. The molecule has 4 rings (SSSR count). The SMILES string of the molecule is CCOC(=O)C1=C(COC(=O)Cc2nc3nc(C)cc(C)n3n2)NC(=O)NC1c1ccco1. The van der Waals surface area contributed by atoms with Gasteiger partial charge in [0.05, 0.1) is 24.1 Å². The summed E-state index contributed by atoms with van der Waals surface area (Å²) < 4.78 is 17.4. The van der Waals surface area contributed by atoms with Crippen molar-refractivity contribution < 1.29 is 28.3 Å². The lowest BCUT2D eigenvalue weighted by Gasteiger charge is -2.27. The summed E-state index contributed by atoms with van der Waals surface area (Å²) in [7, 11) is 0. The predicted octanol–water partition coefficient (Wildman–Crippen LogP) is 1.29. The van der Waals surface area contributed by atoms with Crippen molar-refractivity contribution in [3.63, 3.8) is 0 Å². The van der Waals surface area contributed by atoms with Crippen LogP contribution in [0.5, 0.6) is 0 Å². The van der Waals surface area contributed by atoms with Crippen LogP contribution in [-0.2, 0) is 25.5 Å². The minimum atomic E-state index is -0.890. The van der Waals surface area contributed by atoms with E-state index in [-0.39, 0.29) is 36.7 Å². The molecule has 0 aromatic carbocycles. The number of hydrogen-bond acceptors (Lipinski definition) is 9. The summed E-state index contributed by atoms with van der Waals surface area (Å²) in [6.07, 6.45) is 1.21. The van der Waals surface area contributed by atoms with Gasteiger partial charge in [0.1, 0.15) is 24.8 Å². The van der Waals surface area contributed by atoms with Crippen LogP contribution in [0.4, 0.5) is 4.79 Å². The monoisotopic (exact) mass is 454 g/mol. The second-order valence-electron chi connectivity index (χ2n) is 7.28. The highest BCUT2D eigenvalue weighted by Gasteiger charge is 2.35. The Morgan fingerprint density at radius 2 is 2.06 bits per heavy atom. The summed E-state index contributed by atoms with van der Waals surface area (Å²) in [4.78, 5) is 45.8. The van der Waals surface area contributed by atoms with E-state index >= 15 is 0 Å². The number of amides is 2. The van der Waals surface area contributed by atoms with Gasteiger partial charge in [-0.25, -0.2) is 19.1 Å². The third kappa shape index (κ3) is 4.68. The molecule has 1 aliphatic rings. The van der Waals surface area contributed by atoms with Gasteiger partial charge in [0.25, 0.3) is 5.78 Å². The van der Waals surface area contributed by atoms with Crippen molar-refractivity contribution in [2.24, 2.45) is 0 Å². The molecule has 1 aliphatic heterocycles. The molecular weight excluding hydrogens is 432 g/mol. The van der Waals surface area contributed by atoms with Crippen molar-refractivity contribution >= 4 is 23.7 Å².